The van der Waals surface area contributed by atoms with Crippen molar-refractivity contribution < 1.29 is 4.74 Å². The monoisotopic (exact) mass is 261 g/mol. The summed E-state index contributed by atoms with van der Waals surface area (Å²) in [6.45, 7) is 1.65. The molecule has 0 radical (unpaired) electrons. The molecule has 0 aromatic heterocycles. The van der Waals surface area contributed by atoms with Crippen LogP contribution < -0.4 is 10.1 Å². The van der Waals surface area contributed by atoms with Gasteiger partial charge in [-0.05, 0) is 24.1 Å². The van der Waals surface area contributed by atoms with E-state index in [4.69, 9.17) is 4.74 Å². The van der Waals surface area contributed by atoms with Crippen LogP contribution in [0.1, 0.15) is 11.1 Å². The minimum Gasteiger partial charge on any atom is -0.489 e. The van der Waals surface area contributed by atoms with E-state index in [0.29, 0.717) is 6.61 Å². The molecule has 18 heavy (non-hydrogen) atoms. The van der Waals surface area contributed by atoms with Crippen LogP contribution >= 0.6 is 12.4 Å². The lowest BCUT2D eigenvalue weighted by atomic mass is 10.1. The Balaban J connectivity index is 0.00000120. The van der Waals surface area contributed by atoms with Gasteiger partial charge in [-0.1, -0.05) is 36.4 Å². The zero-order valence-electron chi connectivity index (χ0n) is 10.1. The minimum absolute atomic E-state index is 0. The average Bonchev–Trinajstić information content (AvgIpc) is 2.86. The Morgan fingerprint density at radius 2 is 1.83 bits per heavy atom. The fourth-order valence-electron chi connectivity index (χ4n) is 2.18. The van der Waals surface area contributed by atoms with Gasteiger partial charge in [-0.2, -0.15) is 0 Å². The van der Waals surface area contributed by atoms with Gasteiger partial charge >= 0.3 is 0 Å². The van der Waals surface area contributed by atoms with Gasteiger partial charge in [0.15, 0.2) is 0 Å². The van der Waals surface area contributed by atoms with Crippen molar-refractivity contribution in [2.75, 3.05) is 11.9 Å². The lowest BCUT2D eigenvalue weighted by Crippen LogP contribution is -1.97. The van der Waals surface area contributed by atoms with Gasteiger partial charge in [-0.25, -0.2) is 0 Å². The SMILES string of the molecule is Cl.c1ccc(COc2cccc3c2CCN3)cc1. The van der Waals surface area contributed by atoms with Gasteiger partial charge in [0, 0.05) is 17.8 Å². The van der Waals surface area contributed by atoms with E-state index in [-0.39, 0.29) is 12.4 Å². The third-order valence-electron chi connectivity index (χ3n) is 3.06. The maximum absolute atomic E-state index is 5.89. The summed E-state index contributed by atoms with van der Waals surface area (Å²) < 4.78 is 5.89. The first-order valence-corrected chi connectivity index (χ1v) is 5.96. The molecule has 0 aliphatic carbocycles. The first kappa shape index (κ1) is 12.8. The lowest BCUT2D eigenvalue weighted by Gasteiger charge is -2.10. The molecule has 0 amide bonds. The van der Waals surface area contributed by atoms with Gasteiger partial charge in [0.2, 0.25) is 0 Å². The van der Waals surface area contributed by atoms with E-state index < -0.39 is 0 Å². The molecule has 3 heteroatoms. The van der Waals surface area contributed by atoms with Crippen LogP contribution in [0.2, 0.25) is 0 Å². The van der Waals surface area contributed by atoms with Gasteiger partial charge in [-0.3, -0.25) is 0 Å². The Morgan fingerprint density at radius 3 is 2.67 bits per heavy atom. The molecule has 0 unspecified atom stereocenters. The number of anilines is 1. The number of benzene rings is 2. The van der Waals surface area contributed by atoms with Crippen LogP contribution in [0.5, 0.6) is 5.75 Å². The Labute approximate surface area is 113 Å². The molecule has 3 rings (SSSR count). The summed E-state index contributed by atoms with van der Waals surface area (Å²) in [6.07, 6.45) is 1.06. The van der Waals surface area contributed by atoms with Gasteiger partial charge in [-0.15, -0.1) is 12.4 Å². The molecule has 0 fully saturated rings. The number of nitrogens with one attached hydrogen (secondary N) is 1. The molecule has 1 aliphatic rings. The second-order valence-electron chi connectivity index (χ2n) is 4.23. The molecule has 2 aromatic rings. The first-order chi connectivity index (χ1) is 8.43. The van der Waals surface area contributed by atoms with Gasteiger partial charge in [0.1, 0.15) is 12.4 Å². The highest BCUT2D eigenvalue weighted by atomic mass is 35.5. The van der Waals surface area contributed by atoms with Gasteiger partial charge < -0.3 is 10.1 Å². The van der Waals surface area contributed by atoms with Crippen LogP contribution in [-0.2, 0) is 13.0 Å². The molecule has 0 saturated heterocycles. The van der Waals surface area contributed by atoms with Crippen molar-refractivity contribution in [2.45, 2.75) is 13.0 Å². The zero-order valence-corrected chi connectivity index (χ0v) is 10.9. The van der Waals surface area contributed by atoms with Gasteiger partial charge in [0.25, 0.3) is 0 Å². The predicted octanol–water partition coefficient (Wildman–Crippen LogP) is 3.66. The third kappa shape index (κ3) is 2.59. The highest BCUT2D eigenvalue weighted by Gasteiger charge is 2.14. The van der Waals surface area contributed by atoms with E-state index >= 15 is 0 Å². The zero-order chi connectivity index (χ0) is 11.5. The number of halogens is 1. The molecule has 0 saturated carbocycles. The summed E-state index contributed by atoms with van der Waals surface area (Å²) in [5.41, 5.74) is 3.73. The Hall–Kier alpha value is -1.67. The standard InChI is InChI=1S/C15H15NO.ClH/c1-2-5-12(6-3-1)11-17-15-8-4-7-14-13(15)9-10-16-14;/h1-8,16H,9-11H2;1H. The van der Waals surface area contributed by atoms with Crippen molar-refractivity contribution >= 4 is 18.1 Å². The Bertz CT molecular complexity index is 513. The van der Waals surface area contributed by atoms with Gasteiger partial charge in [0.05, 0.1) is 0 Å². The lowest BCUT2D eigenvalue weighted by molar-refractivity contribution is 0.304. The van der Waals surface area contributed by atoms with E-state index in [9.17, 15) is 0 Å². The summed E-state index contributed by atoms with van der Waals surface area (Å²) in [5, 5.41) is 3.36. The molecule has 1 N–H and O–H groups in total. The molecule has 94 valence electrons. The summed E-state index contributed by atoms with van der Waals surface area (Å²) in [5.74, 6) is 1.01. The molecule has 1 aliphatic heterocycles. The topological polar surface area (TPSA) is 21.3 Å². The second kappa shape index (κ2) is 5.78. The van der Waals surface area contributed by atoms with Crippen molar-refractivity contribution in [3.8, 4) is 5.75 Å². The van der Waals surface area contributed by atoms with Crippen molar-refractivity contribution in [1.82, 2.24) is 0 Å². The molecule has 1 heterocycles. The highest BCUT2D eigenvalue weighted by molar-refractivity contribution is 5.85. The maximum Gasteiger partial charge on any atom is 0.125 e. The fraction of sp³-hybridized carbons (Fsp3) is 0.200. The van der Waals surface area contributed by atoms with Crippen LogP contribution in [0.3, 0.4) is 0 Å². The quantitative estimate of drug-likeness (QED) is 0.911. The van der Waals surface area contributed by atoms with Crippen molar-refractivity contribution in [3.05, 3.63) is 59.7 Å². The van der Waals surface area contributed by atoms with E-state index in [1.165, 1.54) is 16.8 Å². The Morgan fingerprint density at radius 1 is 1.00 bits per heavy atom. The van der Waals surface area contributed by atoms with Crippen molar-refractivity contribution in [3.63, 3.8) is 0 Å². The minimum atomic E-state index is 0. The first-order valence-electron chi connectivity index (χ1n) is 5.96. The number of hydrogen-bond donors (Lipinski definition) is 1. The molecule has 2 aromatic carbocycles. The largest absolute Gasteiger partial charge is 0.489 e. The number of ether oxygens (including phenoxy) is 1. The molecular weight excluding hydrogens is 246 g/mol. The molecule has 0 atom stereocenters. The van der Waals surface area contributed by atoms with E-state index in [1.807, 2.05) is 24.3 Å². The number of fused-ring (bicyclic) bond motifs is 1. The average molecular weight is 262 g/mol. The molecular formula is C15H16ClNO. The summed E-state index contributed by atoms with van der Waals surface area (Å²) in [6, 6.07) is 16.5. The van der Waals surface area contributed by atoms with Crippen LogP contribution in [0.25, 0.3) is 0 Å². The van der Waals surface area contributed by atoms with Crippen LogP contribution in [0, 0.1) is 0 Å². The highest BCUT2D eigenvalue weighted by Crippen LogP contribution is 2.31. The van der Waals surface area contributed by atoms with E-state index in [0.717, 1.165) is 18.7 Å². The smallest absolute Gasteiger partial charge is 0.125 e. The normalized spacial score (nSPS) is 12.2. The van der Waals surface area contributed by atoms with Crippen molar-refractivity contribution in [1.29, 1.82) is 0 Å². The second-order valence-corrected chi connectivity index (χ2v) is 4.23. The molecule has 0 bridgehead atoms. The van der Waals surface area contributed by atoms with Crippen molar-refractivity contribution in [2.24, 2.45) is 0 Å². The molecule has 2 nitrogen and oxygen atoms in total. The van der Waals surface area contributed by atoms with Crippen LogP contribution in [0.4, 0.5) is 5.69 Å². The predicted molar refractivity (Wildman–Crippen MR) is 76.7 cm³/mol. The van der Waals surface area contributed by atoms with E-state index in [1.54, 1.807) is 0 Å². The third-order valence-corrected chi connectivity index (χ3v) is 3.06. The van der Waals surface area contributed by atoms with Crippen LogP contribution in [-0.4, -0.2) is 6.54 Å². The number of hydrogen-bond acceptors (Lipinski definition) is 2. The number of rotatable bonds is 3. The fourth-order valence-corrected chi connectivity index (χ4v) is 2.18. The molecule has 0 spiro atoms. The Kier molecular flexibility index (Phi) is 4.11. The summed E-state index contributed by atoms with van der Waals surface area (Å²) >= 11 is 0. The van der Waals surface area contributed by atoms with E-state index in [2.05, 4.69) is 29.6 Å². The summed E-state index contributed by atoms with van der Waals surface area (Å²) in [7, 11) is 0. The maximum atomic E-state index is 5.89. The summed E-state index contributed by atoms with van der Waals surface area (Å²) in [4.78, 5) is 0. The van der Waals surface area contributed by atoms with Crippen LogP contribution in [0.15, 0.2) is 48.5 Å².